The molecule has 6 heteroatoms. The molecule has 4 nitrogen and oxygen atoms in total. The molecule has 0 saturated carbocycles. The monoisotopic (exact) mass is 577 g/mol. The summed E-state index contributed by atoms with van der Waals surface area (Å²) < 4.78 is 2.96. The SMILES string of the molecule is N#C/C(=C\c1cc(-c2ccccc2)n(-c2ccc(Cl)cc2)c1-c1ccccc1)C(=O)Nc1cccc(Br)c1. The summed E-state index contributed by atoms with van der Waals surface area (Å²) in [6.45, 7) is 0. The van der Waals surface area contributed by atoms with Gasteiger partial charge in [-0.3, -0.25) is 4.79 Å². The topological polar surface area (TPSA) is 57.8 Å². The first-order chi connectivity index (χ1) is 18.5. The molecule has 1 aromatic heterocycles. The van der Waals surface area contributed by atoms with Crippen molar-refractivity contribution in [3.05, 3.63) is 136 Å². The molecule has 0 fully saturated rings. The molecule has 0 atom stereocenters. The van der Waals surface area contributed by atoms with E-state index < -0.39 is 5.91 Å². The number of nitrogens with zero attached hydrogens (tertiary/aromatic N) is 2. The zero-order valence-corrected chi connectivity index (χ0v) is 22.4. The van der Waals surface area contributed by atoms with Gasteiger partial charge in [-0.2, -0.15) is 5.26 Å². The van der Waals surface area contributed by atoms with Gasteiger partial charge in [0.25, 0.3) is 5.91 Å². The number of benzene rings is 4. The fourth-order valence-corrected chi connectivity index (χ4v) is 4.81. The van der Waals surface area contributed by atoms with E-state index in [-0.39, 0.29) is 5.57 Å². The van der Waals surface area contributed by atoms with Crippen molar-refractivity contribution in [1.82, 2.24) is 4.57 Å². The Morgan fingerprint density at radius 1 is 0.842 bits per heavy atom. The van der Waals surface area contributed by atoms with Crippen LogP contribution in [0.4, 0.5) is 5.69 Å². The first-order valence-electron chi connectivity index (χ1n) is 11.8. The Labute approximate surface area is 234 Å². The Bertz CT molecular complexity index is 1670. The highest BCUT2D eigenvalue weighted by Crippen LogP contribution is 2.37. The Kier molecular flexibility index (Phi) is 7.55. The molecule has 0 unspecified atom stereocenters. The van der Waals surface area contributed by atoms with E-state index in [0.717, 1.165) is 38.2 Å². The molecule has 38 heavy (non-hydrogen) atoms. The quantitative estimate of drug-likeness (QED) is 0.162. The second-order valence-electron chi connectivity index (χ2n) is 8.51. The van der Waals surface area contributed by atoms with E-state index in [1.807, 2.05) is 103 Å². The van der Waals surface area contributed by atoms with Gasteiger partial charge in [0.2, 0.25) is 0 Å². The van der Waals surface area contributed by atoms with E-state index in [0.29, 0.717) is 10.7 Å². The maximum Gasteiger partial charge on any atom is 0.266 e. The maximum atomic E-state index is 13.1. The molecule has 4 aromatic carbocycles. The lowest BCUT2D eigenvalue weighted by Gasteiger charge is -2.15. The molecule has 0 radical (unpaired) electrons. The van der Waals surface area contributed by atoms with Gasteiger partial charge in [0.15, 0.2) is 0 Å². The number of hydrogen-bond donors (Lipinski definition) is 1. The second kappa shape index (κ2) is 11.4. The van der Waals surface area contributed by atoms with Crippen LogP contribution in [0.3, 0.4) is 0 Å². The van der Waals surface area contributed by atoms with Gasteiger partial charge in [0.1, 0.15) is 11.6 Å². The van der Waals surface area contributed by atoms with E-state index in [1.54, 1.807) is 18.2 Å². The maximum absolute atomic E-state index is 13.1. The predicted octanol–water partition coefficient (Wildman–Crippen LogP) is 8.77. The van der Waals surface area contributed by atoms with Gasteiger partial charge < -0.3 is 9.88 Å². The summed E-state index contributed by atoms with van der Waals surface area (Å²) in [5.74, 6) is -0.481. The van der Waals surface area contributed by atoms with Crippen LogP contribution in [-0.4, -0.2) is 10.5 Å². The van der Waals surface area contributed by atoms with Crippen LogP contribution in [-0.2, 0) is 4.79 Å². The lowest BCUT2D eigenvalue weighted by molar-refractivity contribution is -0.112. The van der Waals surface area contributed by atoms with Crippen molar-refractivity contribution in [2.75, 3.05) is 5.32 Å². The van der Waals surface area contributed by atoms with Crippen LogP contribution < -0.4 is 5.32 Å². The second-order valence-corrected chi connectivity index (χ2v) is 9.86. The molecule has 5 aromatic rings. The van der Waals surface area contributed by atoms with Crippen molar-refractivity contribution in [1.29, 1.82) is 5.26 Å². The summed E-state index contributed by atoms with van der Waals surface area (Å²) in [5, 5.41) is 13.4. The zero-order valence-electron chi connectivity index (χ0n) is 20.1. The van der Waals surface area contributed by atoms with Gasteiger partial charge in [-0.1, -0.05) is 94.3 Å². The fourth-order valence-electron chi connectivity index (χ4n) is 4.28. The van der Waals surface area contributed by atoms with Crippen LogP contribution in [0.15, 0.2) is 125 Å². The number of carbonyl (C=O) groups excluding carboxylic acids is 1. The Morgan fingerprint density at radius 2 is 1.50 bits per heavy atom. The molecule has 1 amide bonds. The van der Waals surface area contributed by atoms with E-state index in [4.69, 9.17) is 11.6 Å². The van der Waals surface area contributed by atoms with E-state index in [2.05, 4.69) is 31.9 Å². The molecule has 184 valence electrons. The standard InChI is InChI=1S/C32H21BrClN3O/c33-26-12-7-13-28(20-26)36-32(38)25(21-35)18-24-19-30(22-8-3-1-4-9-22)37(29-16-14-27(34)15-17-29)31(24)23-10-5-2-6-11-23/h1-20H,(H,36,38)/b25-18+. The molecule has 5 rings (SSSR count). The van der Waals surface area contributed by atoms with Crippen molar-refractivity contribution in [2.24, 2.45) is 0 Å². The third-order valence-electron chi connectivity index (χ3n) is 5.98. The molecule has 0 aliphatic rings. The number of carbonyl (C=O) groups is 1. The highest BCUT2D eigenvalue weighted by molar-refractivity contribution is 9.10. The van der Waals surface area contributed by atoms with Crippen LogP contribution in [0.25, 0.3) is 34.3 Å². The average molecular weight is 579 g/mol. The Balaban J connectivity index is 1.72. The van der Waals surface area contributed by atoms with Gasteiger partial charge in [-0.05, 0) is 65.7 Å². The molecule has 1 heterocycles. The highest BCUT2D eigenvalue weighted by Gasteiger charge is 2.20. The van der Waals surface area contributed by atoms with Crippen LogP contribution in [0, 0.1) is 11.3 Å². The molecule has 0 aliphatic heterocycles. The number of amides is 1. The van der Waals surface area contributed by atoms with Crippen molar-refractivity contribution >= 4 is 45.2 Å². The zero-order chi connectivity index (χ0) is 26.5. The molecular formula is C32H21BrClN3O. The minimum absolute atomic E-state index is 0.00461. The largest absolute Gasteiger partial charge is 0.321 e. The summed E-state index contributed by atoms with van der Waals surface area (Å²) >= 11 is 9.63. The number of halogens is 2. The van der Waals surface area contributed by atoms with E-state index in [9.17, 15) is 10.1 Å². The van der Waals surface area contributed by atoms with E-state index in [1.165, 1.54) is 0 Å². The Hall–Kier alpha value is -4.37. The molecule has 0 spiro atoms. The smallest absolute Gasteiger partial charge is 0.266 e. The lowest BCUT2D eigenvalue weighted by atomic mass is 10.0. The molecular weight excluding hydrogens is 558 g/mol. The molecule has 0 bridgehead atoms. The number of nitriles is 1. The normalized spacial score (nSPS) is 11.1. The molecule has 0 aliphatic carbocycles. The first-order valence-corrected chi connectivity index (χ1v) is 13.0. The Morgan fingerprint density at radius 3 is 2.13 bits per heavy atom. The summed E-state index contributed by atoms with van der Waals surface area (Å²) in [4.78, 5) is 13.1. The third kappa shape index (κ3) is 5.47. The van der Waals surface area contributed by atoms with Crippen molar-refractivity contribution in [3.63, 3.8) is 0 Å². The van der Waals surface area contributed by atoms with Crippen LogP contribution >= 0.6 is 27.5 Å². The van der Waals surface area contributed by atoms with Crippen molar-refractivity contribution in [3.8, 4) is 34.3 Å². The van der Waals surface area contributed by atoms with Gasteiger partial charge in [0, 0.05) is 26.4 Å². The van der Waals surface area contributed by atoms with Crippen molar-refractivity contribution in [2.45, 2.75) is 0 Å². The highest BCUT2D eigenvalue weighted by atomic mass is 79.9. The van der Waals surface area contributed by atoms with Gasteiger partial charge in [-0.25, -0.2) is 0 Å². The lowest BCUT2D eigenvalue weighted by Crippen LogP contribution is -2.13. The fraction of sp³-hybridized carbons (Fsp3) is 0. The van der Waals surface area contributed by atoms with Gasteiger partial charge >= 0.3 is 0 Å². The van der Waals surface area contributed by atoms with Crippen LogP contribution in [0.2, 0.25) is 5.02 Å². The van der Waals surface area contributed by atoms with Gasteiger partial charge in [-0.15, -0.1) is 0 Å². The number of hydrogen-bond acceptors (Lipinski definition) is 2. The minimum Gasteiger partial charge on any atom is -0.321 e. The first kappa shape index (κ1) is 25.3. The minimum atomic E-state index is -0.481. The summed E-state index contributed by atoms with van der Waals surface area (Å²) in [5.41, 5.74) is 5.96. The summed E-state index contributed by atoms with van der Waals surface area (Å²) in [6.07, 6.45) is 1.65. The third-order valence-corrected chi connectivity index (χ3v) is 6.72. The van der Waals surface area contributed by atoms with Crippen molar-refractivity contribution < 1.29 is 4.79 Å². The summed E-state index contributed by atoms with van der Waals surface area (Å²) in [6, 6.07) is 38.9. The number of rotatable bonds is 6. The number of anilines is 1. The average Bonchev–Trinajstić information content (AvgIpc) is 3.32. The molecule has 1 N–H and O–H groups in total. The predicted molar refractivity (Wildman–Crippen MR) is 158 cm³/mol. The van der Waals surface area contributed by atoms with Crippen LogP contribution in [0.1, 0.15) is 5.56 Å². The van der Waals surface area contributed by atoms with E-state index >= 15 is 0 Å². The number of aromatic nitrogens is 1. The van der Waals surface area contributed by atoms with Crippen LogP contribution in [0.5, 0.6) is 0 Å². The summed E-state index contributed by atoms with van der Waals surface area (Å²) in [7, 11) is 0. The number of nitrogens with one attached hydrogen (secondary N) is 1. The molecule has 0 saturated heterocycles. The van der Waals surface area contributed by atoms with Gasteiger partial charge in [0.05, 0.1) is 11.4 Å².